The van der Waals surface area contributed by atoms with Crippen LogP contribution in [0.5, 0.6) is 0 Å². The van der Waals surface area contributed by atoms with Crippen molar-refractivity contribution < 1.29 is 5.11 Å². The van der Waals surface area contributed by atoms with E-state index in [1.165, 1.54) is 25.7 Å². The summed E-state index contributed by atoms with van der Waals surface area (Å²) >= 11 is 1.82. The molecule has 2 rings (SSSR count). The van der Waals surface area contributed by atoms with Gasteiger partial charge in [0, 0.05) is 25.9 Å². The molecule has 5 heteroatoms. The van der Waals surface area contributed by atoms with E-state index in [9.17, 15) is 5.11 Å². The summed E-state index contributed by atoms with van der Waals surface area (Å²) < 4.78 is 0. The van der Waals surface area contributed by atoms with Crippen molar-refractivity contribution in [1.82, 2.24) is 10.6 Å². The Kier molecular flexibility index (Phi) is 5.01. The summed E-state index contributed by atoms with van der Waals surface area (Å²) in [5, 5.41) is 17.0. The van der Waals surface area contributed by atoms with E-state index in [4.69, 9.17) is 0 Å². The maximum atomic E-state index is 10.3. The highest BCUT2D eigenvalue weighted by molar-refractivity contribution is 7.99. The molecule has 1 unspecified atom stereocenters. The van der Waals surface area contributed by atoms with E-state index in [1.807, 2.05) is 11.8 Å². The van der Waals surface area contributed by atoms with Crippen molar-refractivity contribution in [2.24, 2.45) is 10.4 Å². The number of guanidine groups is 1. The first kappa shape index (κ1) is 15.0. The highest BCUT2D eigenvalue weighted by Gasteiger charge is 2.35. The molecule has 0 aromatic heterocycles. The number of nitrogens with one attached hydrogen (secondary N) is 2. The van der Waals surface area contributed by atoms with E-state index in [-0.39, 0.29) is 0 Å². The third kappa shape index (κ3) is 3.78. The summed E-state index contributed by atoms with van der Waals surface area (Å²) in [6.45, 7) is 3.87. The molecule has 1 atom stereocenters. The number of hydrogen-bond acceptors (Lipinski definition) is 3. The molecule has 1 saturated heterocycles. The minimum absolute atomic E-state index is 0.484. The summed E-state index contributed by atoms with van der Waals surface area (Å²) in [6, 6.07) is 0. The predicted molar refractivity (Wildman–Crippen MR) is 82.8 cm³/mol. The van der Waals surface area contributed by atoms with Crippen LogP contribution in [0.4, 0.5) is 0 Å². The lowest BCUT2D eigenvalue weighted by Gasteiger charge is -2.41. The fraction of sp³-hybridized carbons (Fsp3) is 0.929. The van der Waals surface area contributed by atoms with Gasteiger partial charge in [0.05, 0.1) is 5.60 Å². The minimum Gasteiger partial charge on any atom is -0.387 e. The summed E-state index contributed by atoms with van der Waals surface area (Å²) in [7, 11) is 1.79. The summed E-state index contributed by atoms with van der Waals surface area (Å²) in [6.07, 6.45) is 6.12. The molecule has 110 valence electrons. The van der Waals surface area contributed by atoms with Gasteiger partial charge in [-0.3, -0.25) is 4.99 Å². The zero-order valence-corrected chi connectivity index (χ0v) is 13.0. The number of aliphatic imine (C=N–C) groups is 1. The quantitative estimate of drug-likeness (QED) is 0.530. The molecule has 0 radical (unpaired) electrons. The monoisotopic (exact) mass is 285 g/mol. The van der Waals surface area contributed by atoms with Crippen molar-refractivity contribution >= 4 is 17.7 Å². The molecule has 0 bridgehead atoms. The summed E-state index contributed by atoms with van der Waals surface area (Å²) in [5.74, 6) is 2.71. The van der Waals surface area contributed by atoms with E-state index in [1.54, 1.807) is 7.05 Å². The van der Waals surface area contributed by atoms with Crippen molar-refractivity contribution in [3.8, 4) is 0 Å². The molecule has 0 spiro atoms. The molecular weight excluding hydrogens is 258 g/mol. The van der Waals surface area contributed by atoms with Gasteiger partial charge in [-0.2, -0.15) is 11.8 Å². The van der Waals surface area contributed by atoms with Gasteiger partial charge in [-0.1, -0.05) is 13.3 Å². The van der Waals surface area contributed by atoms with Gasteiger partial charge in [0.25, 0.3) is 0 Å². The Morgan fingerprint density at radius 2 is 2.00 bits per heavy atom. The third-order valence-corrected chi connectivity index (χ3v) is 5.92. The molecule has 0 aromatic carbocycles. The normalized spacial score (nSPS) is 29.9. The van der Waals surface area contributed by atoms with Crippen LogP contribution in [0.3, 0.4) is 0 Å². The van der Waals surface area contributed by atoms with Crippen molar-refractivity contribution in [2.45, 2.75) is 44.6 Å². The van der Waals surface area contributed by atoms with Crippen LogP contribution in [-0.2, 0) is 0 Å². The van der Waals surface area contributed by atoms with Gasteiger partial charge in [0.15, 0.2) is 5.96 Å². The van der Waals surface area contributed by atoms with Crippen LogP contribution in [0.25, 0.3) is 0 Å². The Morgan fingerprint density at radius 1 is 1.26 bits per heavy atom. The Hall–Kier alpha value is -0.420. The second kappa shape index (κ2) is 6.35. The molecule has 1 heterocycles. The van der Waals surface area contributed by atoms with Gasteiger partial charge in [-0.25, -0.2) is 0 Å². The summed E-state index contributed by atoms with van der Waals surface area (Å²) in [5.41, 5.74) is -0.0705. The zero-order valence-electron chi connectivity index (χ0n) is 12.2. The van der Waals surface area contributed by atoms with Gasteiger partial charge >= 0.3 is 0 Å². The molecule has 3 N–H and O–H groups in total. The van der Waals surface area contributed by atoms with E-state index in [0.29, 0.717) is 12.0 Å². The Labute approximate surface area is 120 Å². The van der Waals surface area contributed by atoms with Gasteiger partial charge < -0.3 is 15.7 Å². The molecule has 2 fully saturated rings. The number of hydrogen-bond donors (Lipinski definition) is 3. The molecule has 1 saturated carbocycles. The SMILES string of the molecule is CCC1(CNC(=NC)NCC2(O)CCSC2)CCC1. The lowest BCUT2D eigenvalue weighted by atomic mass is 9.67. The Morgan fingerprint density at radius 3 is 2.47 bits per heavy atom. The van der Waals surface area contributed by atoms with Crippen LogP contribution < -0.4 is 10.6 Å². The number of thioether (sulfide) groups is 1. The molecule has 0 amide bonds. The van der Waals surface area contributed by atoms with Crippen molar-refractivity contribution in [3.63, 3.8) is 0 Å². The first-order valence-corrected chi connectivity index (χ1v) is 8.52. The third-order valence-electron chi connectivity index (χ3n) is 4.69. The average Bonchev–Trinajstić information content (AvgIpc) is 2.79. The van der Waals surface area contributed by atoms with E-state index < -0.39 is 5.60 Å². The van der Waals surface area contributed by atoms with Crippen molar-refractivity contribution in [1.29, 1.82) is 0 Å². The van der Waals surface area contributed by atoms with Gasteiger partial charge in [-0.05, 0) is 36.9 Å². The minimum atomic E-state index is -0.554. The molecule has 2 aliphatic rings. The Bertz CT molecular complexity index is 309. The Balaban J connectivity index is 1.74. The van der Waals surface area contributed by atoms with Gasteiger partial charge in [0.2, 0.25) is 0 Å². The average molecular weight is 285 g/mol. The maximum absolute atomic E-state index is 10.3. The second-order valence-corrected chi connectivity index (χ2v) is 7.12. The van der Waals surface area contributed by atoms with Crippen molar-refractivity contribution in [3.05, 3.63) is 0 Å². The van der Waals surface area contributed by atoms with Gasteiger partial charge in [-0.15, -0.1) is 0 Å². The van der Waals surface area contributed by atoms with Crippen LogP contribution >= 0.6 is 11.8 Å². The fourth-order valence-electron chi connectivity index (χ4n) is 2.81. The standard InChI is InChI=1S/C14H27N3OS/c1-3-13(5-4-6-13)9-16-12(15-2)17-10-14(18)7-8-19-11-14/h18H,3-11H2,1-2H3,(H2,15,16,17). The van der Waals surface area contributed by atoms with Crippen LogP contribution in [0.2, 0.25) is 0 Å². The van der Waals surface area contributed by atoms with Crippen molar-refractivity contribution in [2.75, 3.05) is 31.6 Å². The number of nitrogens with zero attached hydrogens (tertiary/aromatic N) is 1. The zero-order chi connectivity index (χ0) is 13.8. The first-order chi connectivity index (χ1) is 9.11. The van der Waals surface area contributed by atoms with Crippen LogP contribution in [0.1, 0.15) is 39.0 Å². The van der Waals surface area contributed by atoms with Crippen LogP contribution in [0.15, 0.2) is 4.99 Å². The highest BCUT2D eigenvalue weighted by atomic mass is 32.2. The van der Waals surface area contributed by atoms with E-state index in [0.717, 1.165) is 30.4 Å². The topological polar surface area (TPSA) is 56.7 Å². The van der Waals surface area contributed by atoms with Gasteiger partial charge in [0.1, 0.15) is 0 Å². The molecule has 4 nitrogen and oxygen atoms in total. The molecule has 1 aliphatic heterocycles. The molecular formula is C14H27N3OS. The molecule has 1 aliphatic carbocycles. The number of rotatable bonds is 5. The predicted octanol–water partition coefficient (Wildman–Crippen LogP) is 1.60. The summed E-state index contributed by atoms with van der Waals surface area (Å²) in [4.78, 5) is 4.25. The first-order valence-electron chi connectivity index (χ1n) is 7.36. The molecule has 19 heavy (non-hydrogen) atoms. The fourth-order valence-corrected chi connectivity index (χ4v) is 4.10. The van der Waals surface area contributed by atoms with E-state index in [2.05, 4.69) is 22.5 Å². The molecule has 0 aromatic rings. The van der Waals surface area contributed by atoms with Crippen LogP contribution in [-0.4, -0.2) is 48.3 Å². The maximum Gasteiger partial charge on any atom is 0.191 e. The smallest absolute Gasteiger partial charge is 0.191 e. The largest absolute Gasteiger partial charge is 0.387 e. The van der Waals surface area contributed by atoms with E-state index >= 15 is 0 Å². The second-order valence-electron chi connectivity index (χ2n) is 6.01. The lowest BCUT2D eigenvalue weighted by Crippen LogP contribution is -2.50. The van der Waals surface area contributed by atoms with Crippen LogP contribution in [0, 0.1) is 5.41 Å². The number of aliphatic hydroxyl groups is 1. The lowest BCUT2D eigenvalue weighted by molar-refractivity contribution is 0.0722. The highest BCUT2D eigenvalue weighted by Crippen LogP contribution is 2.42.